The Kier molecular flexibility index (Phi) is 5.74. The van der Waals surface area contributed by atoms with Crippen molar-refractivity contribution in [2.45, 2.75) is 58.7 Å². The van der Waals surface area contributed by atoms with Gasteiger partial charge in [-0.3, -0.25) is 4.79 Å². The lowest BCUT2D eigenvalue weighted by Crippen LogP contribution is -2.41. The molecule has 1 N–H and O–H groups in total. The molecule has 2 heterocycles. The largest absolute Gasteiger partial charge is 0.351 e. The van der Waals surface area contributed by atoms with E-state index in [4.69, 9.17) is 0 Å². The number of benzene rings is 1. The number of carbonyl (C=O) groups is 1. The molecule has 7 heteroatoms. The molecule has 1 amide bonds. The molecule has 0 atom stereocenters. The van der Waals surface area contributed by atoms with Crippen LogP contribution in [0.5, 0.6) is 0 Å². The molecule has 1 aromatic carbocycles. The van der Waals surface area contributed by atoms with E-state index in [1.807, 2.05) is 34.6 Å². The number of thioether (sulfide) groups is 1. The van der Waals surface area contributed by atoms with E-state index in [-0.39, 0.29) is 17.2 Å². The number of hydrogen-bond donors (Lipinski definition) is 1. The molecule has 3 aromatic rings. The summed E-state index contributed by atoms with van der Waals surface area (Å²) >= 11 is 1.33. The molecule has 0 saturated carbocycles. The molecular weight excluding hydrogens is 370 g/mol. The minimum atomic E-state index is -0.246. The van der Waals surface area contributed by atoms with Crippen LogP contribution in [0, 0.1) is 20.8 Å². The van der Waals surface area contributed by atoms with Gasteiger partial charge in [-0.25, -0.2) is 9.50 Å². The van der Waals surface area contributed by atoms with Gasteiger partial charge in [-0.1, -0.05) is 36.0 Å². The van der Waals surface area contributed by atoms with Crippen LogP contribution < -0.4 is 5.32 Å². The van der Waals surface area contributed by atoms with Crippen LogP contribution in [0.15, 0.2) is 29.4 Å². The molecular formula is C21H27N5OS. The third-order valence-corrected chi connectivity index (χ3v) is 5.34. The van der Waals surface area contributed by atoms with Crippen molar-refractivity contribution < 1.29 is 4.79 Å². The third-order valence-electron chi connectivity index (χ3n) is 4.50. The van der Waals surface area contributed by atoms with Gasteiger partial charge in [0.15, 0.2) is 0 Å². The number of amides is 1. The van der Waals surface area contributed by atoms with Gasteiger partial charge < -0.3 is 5.32 Å². The summed E-state index contributed by atoms with van der Waals surface area (Å²) in [5, 5.41) is 8.08. The summed E-state index contributed by atoms with van der Waals surface area (Å²) in [4.78, 5) is 21.2. The van der Waals surface area contributed by atoms with Crippen molar-refractivity contribution in [3.8, 4) is 0 Å². The lowest BCUT2D eigenvalue weighted by Gasteiger charge is -2.19. The summed E-state index contributed by atoms with van der Waals surface area (Å²) in [5.74, 6) is 0.821. The maximum absolute atomic E-state index is 12.0. The minimum Gasteiger partial charge on any atom is -0.351 e. The van der Waals surface area contributed by atoms with Crippen LogP contribution in [0.3, 0.4) is 0 Å². The first-order valence-corrected chi connectivity index (χ1v) is 10.3. The van der Waals surface area contributed by atoms with Crippen LogP contribution in [-0.4, -0.2) is 36.8 Å². The zero-order valence-electron chi connectivity index (χ0n) is 17.3. The van der Waals surface area contributed by atoms with Gasteiger partial charge in [0.05, 0.1) is 5.75 Å². The smallest absolute Gasteiger partial charge is 0.253 e. The summed E-state index contributed by atoms with van der Waals surface area (Å²) in [5.41, 5.74) is 5.45. The van der Waals surface area contributed by atoms with Gasteiger partial charge in [-0.05, 0) is 58.2 Å². The van der Waals surface area contributed by atoms with Crippen LogP contribution in [0.1, 0.15) is 48.8 Å². The molecule has 0 saturated heterocycles. The average Bonchev–Trinajstić information content (AvgIpc) is 3.00. The quantitative estimate of drug-likeness (QED) is 0.666. The van der Waals surface area contributed by atoms with E-state index in [1.165, 1.54) is 22.9 Å². The third kappa shape index (κ3) is 4.70. The standard InChI is InChI=1S/C21H27N5OS/c1-13-9-7-8-10-16(13)11-17-14(2)22-19-23-20(25-26(19)15(17)3)28-12-18(27)24-21(4,5)6/h7-10H,11-12H2,1-6H3,(H,24,27). The van der Waals surface area contributed by atoms with Crippen molar-refractivity contribution in [3.05, 3.63) is 52.3 Å². The van der Waals surface area contributed by atoms with Crippen LogP contribution >= 0.6 is 11.8 Å². The summed E-state index contributed by atoms with van der Waals surface area (Å²) < 4.78 is 1.78. The number of aryl methyl sites for hydroxylation is 3. The minimum absolute atomic E-state index is 0.0301. The maximum atomic E-state index is 12.0. The number of fused-ring (bicyclic) bond motifs is 1. The maximum Gasteiger partial charge on any atom is 0.253 e. The molecule has 0 aliphatic carbocycles. The highest BCUT2D eigenvalue weighted by Crippen LogP contribution is 2.22. The lowest BCUT2D eigenvalue weighted by molar-refractivity contribution is -0.119. The summed E-state index contributed by atoms with van der Waals surface area (Å²) in [6.07, 6.45) is 0.809. The Hall–Kier alpha value is -2.41. The van der Waals surface area contributed by atoms with E-state index >= 15 is 0 Å². The Morgan fingerprint density at radius 3 is 2.54 bits per heavy atom. The zero-order chi connectivity index (χ0) is 20.5. The number of carbonyl (C=O) groups excluding carboxylic acids is 1. The molecule has 3 rings (SSSR count). The molecule has 0 aliphatic heterocycles. The Bertz CT molecular complexity index is 1020. The van der Waals surface area contributed by atoms with E-state index in [9.17, 15) is 4.79 Å². The molecule has 28 heavy (non-hydrogen) atoms. The lowest BCUT2D eigenvalue weighted by atomic mass is 9.99. The van der Waals surface area contributed by atoms with Gasteiger partial charge in [0.25, 0.3) is 5.78 Å². The number of rotatable bonds is 5. The fourth-order valence-electron chi connectivity index (χ4n) is 3.09. The van der Waals surface area contributed by atoms with E-state index in [0.29, 0.717) is 10.9 Å². The molecule has 148 valence electrons. The molecule has 0 unspecified atom stereocenters. The summed E-state index contributed by atoms with van der Waals surface area (Å²) in [6.45, 7) is 12.1. The number of aromatic nitrogens is 4. The molecule has 0 spiro atoms. The molecule has 0 radical (unpaired) electrons. The zero-order valence-corrected chi connectivity index (χ0v) is 18.1. The van der Waals surface area contributed by atoms with E-state index < -0.39 is 0 Å². The van der Waals surface area contributed by atoms with Crippen molar-refractivity contribution in [3.63, 3.8) is 0 Å². The second-order valence-electron chi connectivity index (χ2n) is 8.06. The van der Waals surface area contributed by atoms with Crippen molar-refractivity contribution >= 4 is 23.4 Å². The molecule has 0 fully saturated rings. The Labute approximate surface area is 170 Å². The summed E-state index contributed by atoms with van der Waals surface area (Å²) in [7, 11) is 0. The fourth-order valence-corrected chi connectivity index (χ4v) is 3.71. The second-order valence-corrected chi connectivity index (χ2v) is 9.00. The highest BCUT2D eigenvalue weighted by molar-refractivity contribution is 7.99. The second kappa shape index (κ2) is 7.91. The Morgan fingerprint density at radius 2 is 1.86 bits per heavy atom. The van der Waals surface area contributed by atoms with Crippen molar-refractivity contribution in [1.29, 1.82) is 0 Å². The Balaban J connectivity index is 1.83. The monoisotopic (exact) mass is 397 g/mol. The highest BCUT2D eigenvalue weighted by Gasteiger charge is 2.17. The molecule has 0 bridgehead atoms. The predicted molar refractivity (Wildman–Crippen MR) is 113 cm³/mol. The number of nitrogens with one attached hydrogen (secondary N) is 1. The number of hydrogen-bond acceptors (Lipinski definition) is 5. The first-order valence-electron chi connectivity index (χ1n) is 9.35. The van der Waals surface area contributed by atoms with Crippen molar-refractivity contribution in [1.82, 2.24) is 24.9 Å². The van der Waals surface area contributed by atoms with Crippen LogP contribution in [0.25, 0.3) is 5.78 Å². The SMILES string of the molecule is Cc1ccccc1Cc1c(C)nc2nc(SCC(=O)NC(C)(C)C)nn2c1C. The van der Waals surface area contributed by atoms with Crippen LogP contribution in [0.2, 0.25) is 0 Å². The van der Waals surface area contributed by atoms with E-state index in [0.717, 1.165) is 23.4 Å². The van der Waals surface area contributed by atoms with Gasteiger partial charge in [0.1, 0.15) is 0 Å². The average molecular weight is 398 g/mol. The predicted octanol–water partition coefficient (Wildman–Crippen LogP) is 3.65. The van der Waals surface area contributed by atoms with Crippen molar-refractivity contribution in [2.24, 2.45) is 0 Å². The van der Waals surface area contributed by atoms with E-state index in [1.54, 1.807) is 4.52 Å². The Morgan fingerprint density at radius 1 is 1.14 bits per heavy atom. The summed E-state index contributed by atoms with van der Waals surface area (Å²) in [6, 6.07) is 8.39. The molecule has 2 aromatic heterocycles. The topological polar surface area (TPSA) is 72.2 Å². The molecule has 0 aliphatic rings. The van der Waals surface area contributed by atoms with Gasteiger partial charge in [-0.15, -0.1) is 5.10 Å². The van der Waals surface area contributed by atoms with Crippen LogP contribution in [0.4, 0.5) is 0 Å². The normalized spacial score (nSPS) is 11.8. The van der Waals surface area contributed by atoms with Crippen LogP contribution in [-0.2, 0) is 11.2 Å². The molecule has 6 nitrogen and oxygen atoms in total. The van der Waals surface area contributed by atoms with Gasteiger partial charge >= 0.3 is 0 Å². The first kappa shape index (κ1) is 20.3. The fraction of sp³-hybridized carbons (Fsp3) is 0.429. The first-order chi connectivity index (χ1) is 13.1. The van der Waals surface area contributed by atoms with Gasteiger partial charge in [-0.2, -0.15) is 4.98 Å². The van der Waals surface area contributed by atoms with Crippen molar-refractivity contribution in [2.75, 3.05) is 5.75 Å². The van der Waals surface area contributed by atoms with E-state index in [2.05, 4.69) is 51.6 Å². The number of nitrogens with zero attached hydrogens (tertiary/aromatic N) is 4. The van der Waals surface area contributed by atoms with Gasteiger partial charge in [0, 0.05) is 23.3 Å². The van der Waals surface area contributed by atoms with Gasteiger partial charge in [0.2, 0.25) is 11.1 Å². The highest BCUT2D eigenvalue weighted by atomic mass is 32.2.